The zero-order valence-electron chi connectivity index (χ0n) is 11.8. The lowest BCUT2D eigenvalue weighted by Gasteiger charge is -2.18. The van der Waals surface area contributed by atoms with Crippen LogP contribution in [-0.2, 0) is 6.42 Å². The van der Waals surface area contributed by atoms with Crippen LogP contribution in [0.5, 0.6) is 0 Å². The maximum atomic E-state index is 12.3. The van der Waals surface area contributed by atoms with Gasteiger partial charge < -0.3 is 5.32 Å². The lowest BCUT2D eigenvalue weighted by Crippen LogP contribution is -2.33. The Morgan fingerprint density at radius 2 is 2.21 bits per heavy atom. The Kier molecular flexibility index (Phi) is 5.55. The molecule has 1 aromatic rings. The zero-order chi connectivity index (χ0) is 13.5. The maximum Gasteiger partial charge on any atom is 0.176 e. The highest BCUT2D eigenvalue weighted by molar-refractivity contribution is 5.97. The van der Waals surface area contributed by atoms with Gasteiger partial charge in [-0.2, -0.15) is 0 Å². The van der Waals surface area contributed by atoms with Crippen LogP contribution in [0.3, 0.4) is 0 Å². The van der Waals surface area contributed by atoms with Crippen molar-refractivity contribution in [3.05, 3.63) is 35.4 Å². The summed E-state index contributed by atoms with van der Waals surface area (Å²) in [6, 6.07) is 8.11. The number of carbonyl (C=O) groups excluding carboxylic acids is 1. The van der Waals surface area contributed by atoms with E-state index >= 15 is 0 Å². The predicted octanol–water partition coefficient (Wildman–Crippen LogP) is 2.12. The molecule has 0 aromatic heterocycles. The first-order chi connectivity index (χ1) is 9.29. The van der Waals surface area contributed by atoms with Crippen molar-refractivity contribution >= 4 is 5.78 Å². The average Bonchev–Trinajstić information content (AvgIpc) is 2.68. The summed E-state index contributed by atoms with van der Waals surface area (Å²) < 4.78 is 0. The van der Waals surface area contributed by atoms with Gasteiger partial charge in [-0.3, -0.25) is 9.69 Å². The number of rotatable bonds is 5. The number of carbonyl (C=O) groups is 1. The van der Waals surface area contributed by atoms with Gasteiger partial charge in [0.25, 0.3) is 0 Å². The minimum absolute atomic E-state index is 0.250. The molecule has 0 amide bonds. The van der Waals surface area contributed by atoms with Crippen LogP contribution in [0.4, 0.5) is 0 Å². The van der Waals surface area contributed by atoms with E-state index in [0.717, 1.165) is 51.0 Å². The molecule has 1 saturated heterocycles. The molecule has 0 bridgehead atoms. The van der Waals surface area contributed by atoms with E-state index in [1.54, 1.807) is 0 Å². The molecule has 104 valence electrons. The smallest absolute Gasteiger partial charge is 0.176 e. The molecule has 19 heavy (non-hydrogen) atoms. The van der Waals surface area contributed by atoms with Gasteiger partial charge in [-0.1, -0.05) is 31.5 Å². The summed E-state index contributed by atoms with van der Waals surface area (Å²) in [6.07, 6.45) is 3.30. The quantitative estimate of drug-likeness (QED) is 0.823. The third-order valence-electron chi connectivity index (χ3n) is 3.59. The van der Waals surface area contributed by atoms with Crippen LogP contribution in [-0.4, -0.2) is 43.4 Å². The summed E-state index contributed by atoms with van der Waals surface area (Å²) in [7, 11) is 0. The van der Waals surface area contributed by atoms with Gasteiger partial charge in [-0.25, -0.2) is 0 Å². The molecule has 3 heteroatoms. The fourth-order valence-corrected chi connectivity index (χ4v) is 2.54. The Morgan fingerprint density at radius 3 is 3.05 bits per heavy atom. The number of benzene rings is 1. The highest BCUT2D eigenvalue weighted by Gasteiger charge is 2.14. The first-order valence-electron chi connectivity index (χ1n) is 7.35. The van der Waals surface area contributed by atoms with Crippen molar-refractivity contribution in [3.63, 3.8) is 0 Å². The monoisotopic (exact) mass is 260 g/mol. The van der Waals surface area contributed by atoms with E-state index in [-0.39, 0.29) is 5.78 Å². The molecule has 0 atom stereocenters. The van der Waals surface area contributed by atoms with Crippen molar-refractivity contribution in [3.8, 4) is 0 Å². The number of nitrogens with one attached hydrogen (secondary N) is 1. The van der Waals surface area contributed by atoms with Gasteiger partial charge in [0.1, 0.15) is 0 Å². The predicted molar refractivity (Wildman–Crippen MR) is 78.7 cm³/mol. The summed E-state index contributed by atoms with van der Waals surface area (Å²) in [5.41, 5.74) is 2.13. The van der Waals surface area contributed by atoms with E-state index in [9.17, 15) is 4.79 Å². The molecule has 3 nitrogen and oxygen atoms in total. The minimum Gasteiger partial charge on any atom is -0.315 e. The second-order valence-electron chi connectivity index (χ2n) is 5.25. The first-order valence-corrected chi connectivity index (χ1v) is 7.35. The molecule has 2 rings (SSSR count). The van der Waals surface area contributed by atoms with E-state index in [4.69, 9.17) is 0 Å². The van der Waals surface area contributed by atoms with E-state index < -0.39 is 0 Å². The van der Waals surface area contributed by atoms with E-state index in [0.29, 0.717) is 6.54 Å². The number of hydrogen-bond acceptors (Lipinski definition) is 3. The third-order valence-corrected chi connectivity index (χ3v) is 3.59. The Bertz CT molecular complexity index is 409. The lowest BCUT2D eigenvalue weighted by molar-refractivity contribution is 0.0935. The number of ketones is 1. The molecule has 1 aliphatic heterocycles. The van der Waals surface area contributed by atoms with E-state index in [2.05, 4.69) is 29.3 Å². The summed E-state index contributed by atoms with van der Waals surface area (Å²) >= 11 is 0. The molecule has 0 radical (unpaired) electrons. The Balaban J connectivity index is 1.96. The van der Waals surface area contributed by atoms with Gasteiger partial charge in [0.15, 0.2) is 5.78 Å². The number of Topliss-reactive ketones (excluding diaryl/α,β-unsaturated/α-hetero) is 1. The average molecular weight is 260 g/mol. The van der Waals surface area contributed by atoms with Gasteiger partial charge in [-0.15, -0.1) is 0 Å². The largest absolute Gasteiger partial charge is 0.315 e. The van der Waals surface area contributed by atoms with Gasteiger partial charge in [0, 0.05) is 18.7 Å². The molecule has 1 fully saturated rings. The van der Waals surface area contributed by atoms with Crippen LogP contribution < -0.4 is 5.32 Å². The second kappa shape index (κ2) is 7.41. The van der Waals surface area contributed by atoms with Gasteiger partial charge in [0.2, 0.25) is 0 Å². The Hall–Kier alpha value is -1.19. The number of hydrogen-bond donors (Lipinski definition) is 1. The molecular weight excluding hydrogens is 236 g/mol. The standard InChI is InChI=1S/C16H24N2O/c1-2-5-14-6-3-7-15(12-14)16(19)13-18-10-4-8-17-9-11-18/h3,6-7,12,17H,2,4-5,8-11,13H2,1H3. The molecular formula is C16H24N2O. The van der Waals surface area contributed by atoms with Crippen LogP contribution in [0.2, 0.25) is 0 Å². The zero-order valence-corrected chi connectivity index (χ0v) is 11.8. The van der Waals surface area contributed by atoms with Crippen LogP contribution in [0.1, 0.15) is 35.7 Å². The molecule has 0 unspecified atom stereocenters. The number of aryl methyl sites for hydroxylation is 1. The number of nitrogens with zero attached hydrogens (tertiary/aromatic N) is 1. The Morgan fingerprint density at radius 1 is 1.32 bits per heavy atom. The van der Waals surface area contributed by atoms with Crippen molar-refractivity contribution in [2.75, 3.05) is 32.7 Å². The molecule has 1 N–H and O–H groups in total. The second-order valence-corrected chi connectivity index (χ2v) is 5.25. The van der Waals surface area contributed by atoms with Crippen molar-refractivity contribution in [2.24, 2.45) is 0 Å². The van der Waals surface area contributed by atoms with Gasteiger partial charge in [-0.05, 0) is 37.6 Å². The lowest BCUT2D eigenvalue weighted by atomic mass is 10.0. The summed E-state index contributed by atoms with van der Waals surface area (Å²) in [5, 5.41) is 3.36. The summed E-state index contributed by atoms with van der Waals surface area (Å²) in [5.74, 6) is 0.250. The fraction of sp³-hybridized carbons (Fsp3) is 0.562. The van der Waals surface area contributed by atoms with Crippen LogP contribution in [0.15, 0.2) is 24.3 Å². The minimum atomic E-state index is 0.250. The third kappa shape index (κ3) is 4.44. The van der Waals surface area contributed by atoms with Crippen LogP contribution >= 0.6 is 0 Å². The molecule has 0 spiro atoms. The van der Waals surface area contributed by atoms with Gasteiger partial charge >= 0.3 is 0 Å². The highest BCUT2D eigenvalue weighted by atomic mass is 16.1. The molecule has 0 aliphatic carbocycles. The van der Waals surface area contributed by atoms with Gasteiger partial charge in [0.05, 0.1) is 6.54 Å². The first kappa shape index (κ1) is 14.2. The van der Waals surface area contributed by atoms with Crippen molar-refractivity contribution in [1.82, 2.24) is 10.2 Å². The molecule has 1 heterocycles. The van der Waals surface area contributed by atoms with E-state index in [1.165, 1.54) is 5.56 Å². The van der Waals surface area contributed by atoms with Crippen molar-refractivity contribution in [1.29, 1.82) is 0 Å². The highest BCUT2D eigenvalue weighted by Crippen LogP contribution is 2.09. The van der Waals surface area contributed by atoms with E-state index in [1.807, 2.05) is 12.1 Å². The van der Waals surface area contributed by atoms with Crippen molar-refractivity contribution in [2.45, 2.75) is 26.2 Å². The molecule has 0 saturated carbocycles. The fourth-order valence-electron chi connectivity index (χ4n) is 2.54. The van der Waals surface area contributed by atoms with Crippen LogP contribution in [0, 0.1) is 0 Å². The van der Waals surface area contributed by atoms with Crippen molar-refractivity contribution < 1.29 is 4.79 Å². The summed E-state index contributed by atoms with van der Waals surface area (Å²) in [6.45, 7) is 6.77. The molecule has 1 aliphatic rings. The maximum absolute atomic E-state index is 12.3. The normalized spacial score (nSPS) is 17.1. The van der Waals surface area contributed by atoms with Crippen LogP contribution in [0.25, 0.3) is 0 Å². The molecule has 1 aromatic carbocycles. The SMILES string of the molecule is CCCc1cccc(C(=O)CN2CCCNCC2)c1. The topological polar surface area (TPSA) is 32.3 Å². The summed E-state index contributed by atoms with van der Waals surface area (Å²) in [4.78, 5) is 14.6. The Labute approximate surface area is 116 Å².